The molecular formula is C12H21N3S. The molecule has 1 aliphatic rings. The van der Waals surface area contributed by atoms with Crippen molar-refractivity contribution in [2.24, 2.45) is 5.73 Å². The van der Waals surface area contributed by atoms with Crippen molar-refractivity contribution in [3.8, 4) is 0 Å². The molecule has 0 aromatic carbocycles. The fraction of sp³-hybridized carbons (Fsp3) is 0.667. The molecule has 90 valence electrons. The molecule has 1 aliphatic heterocycles. The molecule has 2 unspecified atom stereocenters. The van der Waals surface area contributed by atoms with Gasteiger partial charge in [-0.3, -0.25) is 0 Å². The van der Waals surface area contributed by atoms with E-state index in [1.165, 1.54) is 10.4 Å². The summed E-state index contributed by atoms with van der Waals surface area (Å²) in [6.07, 6.45) is 1.03. The Labute approximate surface area is 102 Å². The van der Waals surface area contributed by atoms with Crippen LogP contribution in [0.5, 0.6) is 0 Å². The van der Waals surface area contributed by atoms with E-state index < -0.39 is 0 Å². The zero-order valence-electron chi connectivity index (χ0n) is 10.1. The Hall–Kier alpha value is -0.420. The third kappa shape index (κ3) is 2.83. The fourth-order valence-electron chi connectivity index (χ4n) is 2.33. The quantitative estimate of drug-likeness (QED) is 0.836. The van der Waals surface area contributed by atoms with Crippen LogP contribution in [-0.2, 0) is 0 Å². The maximum absolute atomic E-state index is 6.27. The standard InChI is InChI=1S/C12H21N3S/c1-9-3-6-16-12(9)11(13)7-10-8-15(2)5-4-14-10/h3,6,10-11,14H,4-5,7-8,13H2,1-2H3. The van der Waals surface area contributed by atoms with Crippen molar-refractivity contribution >= 4 is 11.3 Å². The summed E-state index contributed by atoms with van der Waals surface area (Å²) in [5.41, 5.74) is 7.60. The number of nitrogens with one attached hydrogen (secondary N) is 1. The van der Waals surface area contributed by atoms with Gasteiger partial charge in [0.2, 0.25) is 0 Å². The van der Waals surface area contributed by atoms with Crippen molar-refractivity contribution in [2.75, 3.05) is 26.7 Å². The highest BCUT2D eigenvalue weighted by Crippen LogP contribution is 2.25. The summed E-state index contributed by atoms with van der Waals surface area (Å²) in [6.45, 7) is 5.48. The molecule has 0 spiro atoms. The van der Waals surface area contributed by atoms with Crippen LogP contribution in [0, 0.1) is 6.92 Å². The third-order valence-corrected chi connectivity index (χ3v) is 4.39. The Morgan fingerprint density at radius 2 is 2.50 bits per heavy atom. The molecule has 3 N–H and O–H groups in total. The summed E-state index contributed by atoms with van der Waals surface area (Å²) in [5, 5.41) is 5.67. The molecule has 2 rings (SSSR count). The number of rotatable bonds is 3. The minimum atomic E-state index is 0.184. The van der Waals surface area contributed by atoms with Gasteiger partial charge in [-0.1, -0.05) is 0 Å². The summed E-state index contributed by atoms with van der Waals surface area (Å²) in [5.74, 6) is 0. The number of nitrogens with zero attached hydrogens (tertiary/aromatic N) is 1. The van der Waals surface area contributed by atoms with Gasteiger partial charge in [0, 0.05) is 36.6 Å². The van der Waals surface area contributed by atoms with E-state index in [2.05, 4.69) is 35.6 Å². The first-order valence-electron chi connectivity index (χ1n) is 5.88. The number of hydrogen-bond donors (Lipinski definition) is 2. The number of nitrogens with two attached hydrogens (primary N) is 1. The van der Waals surface area contributed by atoms with Gasteiger partial charge in [-0.05, 0) is 37.4 Å². The van der Waals surface area contributed by atoms with Gasteiger partial charge in [-0.2, -0.15) is 0 Å². The lowest BCUT2D eigenvalue weighted by Gasteiger charge is -2.32. The zero-order chi connectivity index (χ0) is 11.5. The minimum absolute atomic E-state index is 0.184. The third-order valence-electron chi connectivity index (χ3n) is 3.24. The average Bonchev–Trinajstić information content (AvgIpc) is 2.64. The maximum Gasteiger partial charge on any atom is 0.0407 e. The summed E-state index contributed by atoms with van der Waals surface area (Å²) in [4.78, 5) is 3.71. The van der Waals surface area contributed by atoms with Crippen LogP contribution >= 0.6 is 11.3 Å². The molecule has 2 atom stereocenters. The molecule has 2 heterocycles. The Morgan fingerprint density at radius 1 is 1.69 bits per heavy atom. The second kappa shape index (κ2) is 5.27. The van der Waals surface area contributed by atoms with Gasteiger partial charge < -0.3 is 16.0 Å². The molecule has 1 aromatic heterocycles. The van der Waals surface area contributed by atoms with Crippen LogP contribution in [0.25, 0.3) is 0 Å². The molecule has 1 saturated heterocycles. The van der Waals surface area contributed by atoms with Crippen molar-refractivity contribution in [3.05, 3.63) is 21.9 Å². The highest BCUT2D eigenvalue weighted by Gasteiger charge is 2.20. The Kier molecular flexibility index (Phi) is 3.97. The van der Waals surface area contributed by atoms with Crippen LogP contribution in [0.3, 0.4) is 0 Å². The monoisotopic (exact) mass is 239 g/mol. The van der Waals surface area contributed by atoms with Crippen LogP contribution in [0.1, 0.15) is 22.9 Å². The normalized spacial score (nSPS) is 24.6. The topological polar surface area (TPSA) is 41.3 Å². The predicted octanol–water partition coefficient (Wildman–Crippen LogP) is 1.35. The Morgan fingerprint density at radius 3 is 3.12 bits per heavy atom. The van der Waals surface area contributed by atoms with Crippen LogP contribution in [0.4, 0.5) is 0 Å². The van der Waals surface area contributed by atoms with E-state index in [-0.39, 0.29) is 6.04 Å². The van der Waals surface area contributed by atoms with E-state index in [1.54, 1.807) is 11.3 Å². The number of hydrogen-bond acceptors (Lipinski definition) is 4. The molecule has 4 heteroatoms. The molecular weight excluding hydrogens is 218 g/mol. The molecule has 1 fully saturated rings. The minimum Gasteiger partial charge on any atom is -0.323 e. The number of piperazine rings is 1. The van der Waals surface area contributed by atoms with E-state index in [9.17, 15) is 0 Å². The van der Waals surface area contributed by atoms with Gasteiger partial charge >= 0.3 is 0 Å². The van der Waals surface area contributed by atoms with Gasteiger partial charge in [-0.15, -0.1) is 11.3 Å². The lowest BCUT2D eigenvalue weighted by atomic mass is 10.0. The molecule has 0 saturated carbocycles. The zero-order valence-corrected chi connectivity index (χ0v) is 10.9. The van der Waals surface area contributed by atoms with Crippen molar-refractivity contribution in [2.45, 2.75) is 25.4 Å². The van der Waals surface area contributed by atoms with Crippen LogP contribution < -0.4 is 11.1 Å². The Bertz CT molecular complexity index is 337. The average molecular weight is 239 g/mol. The van der Waals surface area contributed by atoms with Crippen LogP contribution in [0.15, 0.2) is 11.4 Å². The number of aryl methyl sites for hydroxylation is 1. The Balaban J connectivity index is 1.92. The van der Waals surface area contributed by atoms with E-state index in [1.807, 2.05) is 0 Å². The molecule has 0 amide bonds. The SMILES string of the molecule is Cc1ccsc1C(N)CC1CN(C)CCN1. The molecule has 1 aromatic rings. The van der Waals surface area contributed by atoms with Gasteiger partial charge in [0.05, 0.1) is 0 Å². The van der Waals surface area contributed by atoms with E-state index in [0.29, 0.717) is 6.04 Å². The maximum atomic E-state index is 6.27. The summed E-state index contributed by atoms with van der Waals surface area (Å²) >= 11 is 1.78. The van der Waals surface area contributed by atoms with Gasteiger partial charge in [0.1, 0.15) is 0 Å². The van der Waals surface area contributed by atoms with Crippen molar-refractivity contribution in [3.63, 3.8) is 0 Å². The molecule has 0 bridgehead atoms. The fourth-order valence-corrected chi connectivity index (χ4v) is 3.27. The largest absolute Gasteiger partial charge is 0.323 e. The van der Waals surface area contributed by atoms with E-state index in [4.69, 9.17) is 5.73 Å². The smallest absolute Gasteiger partial charge is 0.0407 e. The predicted molar refractivity (Wildman–Crippen MR) is 69.9 cm³/mol. The van der Waals surface area contributed by atoms with Crippen molar-refractivity contribution in [1.29, 1.82) is 0 Å². The number of likely N-dealkylation sites (N-methyl/N-ethyl adjacent to an activating group) is 1. The van der Waals surface area contributed by atoms with Crippen LogP contribution in [0.2, 0.25) is 0 Å². The van der Waals surface area contributed by atoms with Crippen LogP contribution in [-0.4, -0.2) is 37.6 Å². The number of thiophene rings is 1. The molecule has 0 aliphatic carbocycles. The lowest BCUT2D eigenvalue weighted by molar-refractivity contribution is 0.226. The summed E-state index contributed by atoms with van der Waals surface area (Å²) < 4.78 is 0. The molecule has 3 nitrogen and oxygen atoms in total. The highest BCUT2D eigenvalue weighted by molar-refractivity contribution is 7.10. The van der Waals surface area contributed by atoms with Crippen molar-refractivity contribution in [1.82, 2.24) is 10.2 Å². The highest BCUT2D eigenvalue weighted by atomic mass is 32.1. The summed E-state index contributed by atoms with van der Waals surface area (Å²) in [7, 11) is 2.18. The van der Waals surface area contributed by atoms with Gasteiger partial charge in [-0.25, -0.2) is 0 Å². The molecule has 0 radical (unpaired) electrons. The van der Waals surface area contributed by atoms with E-state index in [0.717, 1.165) is 26.1 Å². The first-order valence-corrected chi connectivity index (χ1v) is 6.76. The second-order valence-corrected chi connectivity index (χ2v) is 5.67. The van der Waals surface area contributed by atoms with Gasteiger partial charge in [0.25, 0.3) is 0 Å². The first-order chi connectivity index (χ1) is 7.66. The van der Waals surface area contributed by atoms with Crippen molar-refractivity contribution < 1.29 is 0 Å². The van der Waals surface area contributed by atoms with Gasteiger partial charge in [0.15, 0.2) is 0 Å². The second-order valence-electron chi connectivity index (χ2n) is 4.72. The molecule has 16 heavy (non-hydrogen) atoms. The lowest BCUT2D eigenvalue weighted by Crippen LogP contribution is -2.49. The van der Waals surface area contributed by atoms with E-state index >= 15 is 0 Å². The summed E-state index contributed by atoms with van der Waals surface area (Å²) in [6, 6.07) is 2.87. The first kappa shape index (κ1) is 12.0.